The number of sulfonamides is 1. The Bertz CT molecular complexity index is 1470. The van der Waals surface area contributed by atoms with Crippen molar-refractivity contribution < 1.29 is 32.4 Å². The Hall–Kier alpha value is -3.00. The van der Waals surface area contributed by atoms with Crippen molar-refractivity contribution in [2.24, 2.45) is 34.5 Å². The third-order valence-corrected chi connectivity index (χ3v) is 14.0. The van der Waals surface area contributed by atoms with Crippen molar-refractivity contribution in [1.82, 2.24) is 30.5 Å². The minimum absolute atomic E-state index is 0.0716. The van der Waals surface area contributed by atoms with E-state index in [9.17, 15) is 32.4 Å². The number of nitrogens with zero attached hydrogens (tertiary/aromatic N) is 2. The Morgan fingerprint density at radius 1 is 0.941 bits per heavy atom. The van der Waals surface area contributed by atoms with Gasteiger partial charge in [0.25, 0.3) is 5.91 Å². The molecule has 5 fully saturated rings. The topological polar surface area (TPSA) is 174 Å². The van der Waals surface area contributed by atoms with E-state index < -0.39 is 63.2 Å². The van der Waals surface area contributed by atoms with E-state index in [1.807, 2.05) is 20.8 Å². The first-order valence-corrected chi connectivity index (χ1v) is 20.6. The van der Waals surface area contributed by atoms with Gasteiger partial charge in [-0.05, 0) is 66.6 Å². The van der Waals surface area contributed by atoms with Gasteiger partial charge in [-0.3, -0.25) is 19.2 Å². The number of carbonyl (C=O) groups is 5. The molecule has 5 amide bonds. The van der Waals surface area contributed by atoms with Gasteiger partial charge in [-0.1, -0.05) is 72.8 Å². The summed E-state index contributed by atoms with van der Waals surface area (Å²) in [5, 5.41) is 11.4. The second-order valence-corrected chi connectivity index (χ2v) is 19.4. The molecule has 4 N–H and O–H groups in total. The molecule has 0 bridgehead atoms. The van der Waals surface area contributed by atoms with Gasteiger partial charge in [-0.2, -0.15) is 4.31 Å². The van der Waals surface area contributed by atoms with Crippen LogP contribution < -0.4 is 21.3 Å². The minimum atomic E-state index is -3.40. The maximum Gasteiger partial charge on any atom is 0.315 e. The van der Waals surface area contributed by atoms with Crippen molar-refractivity contribution in [3.8, 4) is 0 Å². The molecular weight excluding hydrogens is 673 g/mol. The fraction of sp³-hybridized carbons (Fsp3) is 0.811. The van der Waals surface area contributed by atoms with Crippen LogP contribution in [0.4, 0.5) is 4.79 Å². The van der Waals surface area contributed by atoms with Crippen LogP contribution in [0.5, 0.6) is 0 Å². The highest BCUT2D eigenvalue weighted by atomic mass is 32.2. The Balaban J connectivity index is 1.32. The fourth-order valence-electron chi connectivity index (χ4n) is 8.67. The molecule has 13 nitrogen and oxygen atoms in total. The van der Waals surface area contributed by atoms with Gasteiger partial charge >= 0.3 is 6.03 Å². The van der Waals surface area contributed by atoms with Crippen LogP contribution >= 0.6 is 0 Å². The first-order valence-electron chi connectivity index (χ1n) is 19.0. The van der Waals surface area contributed by atoms with Crippen LogP contribution in [-0.4, -0.2) is 103 Å². The number of nitrogens with one attached hydrogen (secondary N) is 4. The van der Waals surface area contributed by atoms with Crippen molar-refractivity contribution in [2.75, 3.05) is 31.9 Å². The Kier molecular flexibility index (Phi) is 11.9. The molecule has 3 saturated carbocycles. The number of likely N-dealkylation sites (tertiary alicyclic amines) is 1. The fourth-order valence-corrected chi connectivity index (χ4v) is 10.3. The van der Waals surface area contributed by atoms with Crippen molar-refractivity contribution >= 4 is 39.6 Å². The number of hydrogen-bond donors (Lipinski definition) is 4. The SMILES string of the molecule is C=CCNC(=O)C(=O)C(CC1CC1)NC(=O)[C@@H]1[C@@H]2[C@H](CN1C(=O)[C@@H](NC(=O)N[C@H](CN1CCCCS1(=O)=O)C1CCCCC1)C(C)(C)C)C2(C)C. The van der Waals surface area contributed by atoms with E-state index >= 15 is 0 Å². The van der Waals surface area contributed by atoms with Gasteiger partial charge in [0.1, 0.15) is 12.1 Å². The molecule has 5 rings (SSSR count). The molecule has 51 heavy (non-hydrogen) atoms. The zero-order chi connectivity index (χ0) is 37.3. The molecule has 3 aliphatic carbocycles. The smallest absolute Gasteiger partial charge is 0.315 e. The molecule has 0 aromatic carbocycles. The van der Waals surface area contributed by atoms with E-state index in [1.165, 1.54) is 10.4 Å². The zero-order valence-electron chi connectivity index (χ0n) is 31.2. The number of fused-ring (bicyclic) bond motifs is 1. The number of amides is 5. The third-order valence-electron chi connectivity index (χ3n) is 12.1. The number of carbonyl (C=O) groups excluding carboxylic acids is 5. The van der Waals surface area contributed by atoms with E-state index in [0.717, 1.165) is 51.4 Å². The molecule has 2 saturated heterocycles. The maximum atomic E-state index is 14.5. The lowest BCUT2D eigenvalue weighted by atomic mass is 9.83. The lowest BCUT2D eigenvalue weighted by Gasteiger charge is -2.39. The van der Waals surface area contributed by atoms with Crippen molar-refractivity contribution in [1.29, 1.82) is 0 Å². The molecule has 6 atom stereocenters. The first-order chi connectivity index (χ1) is 24.0. The van der Waals surface area contributed by atoms with E-state index in [-0.39, 0.29) is 53.8 Å². The Morgan fingerprint density at radius 2 is 1.63 bits per heavy atom. The van der Waals surface area contributed by atoms with Crippen LogP contribution in [0.1, 0.15) is 98.8 Å². The normalized spacial score (nSPS) is 27.6. The summed E-state index contributed by atoms with van der Waals surface area (Å²) in [7, 11) is -3.40. The van der Waals surface area contributed by atoms with E-state index in [1.54, 1.807) is 4.90 Å². The molecule has 5 aliphatic rings. The van der Waals surface area contributed by atoms with Crippen molar-refractivity contribution in [2.45, 2.75) is 123 Å². The van der Waals surface area contributed by atoms with Crippen LogP contribution in [0.3, 0.4) is 0 Å². The molecule has 1 unspecified atom stereocenters. The lowest BCUT2D eigenvalue weighted by Crippen LogP contribution is -2.62. The number of Topliss-reactive ketones (excluding diaryl/α,β-unsaturated/α-hetero) is 1. The molecule has 2 aliphatic heterocycles. The summed E-state index contributed by atoms with van der Waals surface area (Å²) in [5.41, 5.74) is -0.928. The van der Waals surface area contributed by atoms with Gasteiger partial charge < -0.3 is 26.2 Å². The lowest BCUT2D eigenvalue weighted by molar-refractivity contribution is -0.145. The number of rotatable bonds is 14. The molecule has 2 heterocycles. The largest absolute Gasteiger partial charge is 0.346 e. The van der Waals surface area contributed by atoms with Gasteiger partial charge in [0, 0.05) is 32.2 Å². The van der Waals surface area contributed by atoms with Crippen LogP contribution in [0.2, 0.25) is 0 Å². The van der Waals surface area contributed by atoms with E-state index in [2.05, 4.69) is 41.7 Å². The van der Waals surface area contributed by atoms with E-state index in [0.29, 0.717) is 25.9 Å². The quantitative estimate of drug-likeness (QED) is 0.157. The molecule has 0 aromatic rings. The summed E-state index contributed by atoms with van der Waals surface area (Å²) >= 11 is 0. The van der Waals surface area contributed by atoms with Crippen LogP contribution in [0, 0.1) is 34.5 Å². The molecular formula is C37H60N6O7S. The molecule has 14 heteroatoms. The number of hydrogen-bond acceptors (Lipinski definition) is 7. The predicted octanol–water partition coefficient (Wildman–Crippen LogP) is 2.71. The Morgan fingerprint density at radius 3 is 2.24 bits per heavy atom. The summed E-state index contributed by atoms with van der Waals surface area (Å²) in [6.45, 7) is 14.4. The van der Waals surface area contributed by atoms with Crippen LogP contribution in [-0.2, 0) is 29.2 Å². The summed E-state index contributed by atoms with van der Waals surface area (Å²) < 4.78 is 27.3. The summed E-state index contributed by atoms with van der Waals surface area (Å²) in [4.78, 5) is 69.8. The standard InChI is InChI=1S/C37H60N6O7S/c1-7-17-38-33(46)30(44)26(20-23-15-16-23)39-32(45)29-28-25(37(28,5)6)21-43(29)34(47)31(36(2,3)4)41-35(48)40-27(24-13-9-8-10-14-24)22-42-18-11-12-19-51(42,49)50/h7,23-29,31H,1,8-22H2,2-6H3,(H,38,46)(H,39,45)(H2,40,41,48)/t25-,26?,27+,28-,29-,31+/m0/s1. The molecule has 0 radical (unpaired) electrons. The highest BCUT2D eigenvalue weighted by Gasteiger charge is 2.70. The average Bonchev–Trinajstić information content (AvgIpc) is 3.93. The average molecular weight is 733 g/mol. The Labute approximate surface area is 303 Å². The molecule has 0 spiro atoms. The number of urea groups is 1. The summed E-state index contributed by atoms with van der Waals surface area (Å²) in [5.74, 6) is -1.93. The van der Waals surface area contributed by atoms with Gasteiger partial charge in [0.2, 0.25) is 27.6 Å². The monoisotopic (exact) mass is 732 g/mol. The minimum Gasteiger partial charge on any atom is -0.346 e. The third kappa shape index (κ3) is 9.15. The van der Waals surface area contributed by atoms with Crippen molar-refractivity contribution in [3.63, 3.8) is 0 Å². The highest BCUT2D eigenvalue weighted by Crippen LogP contribution is 2.65. The first kappa shape index (κ1) is 39.2. The summed E-state index contributed by atoms with van der Waals surface area (Å²) in [6, 6.07) is -3.81. The molecule has 0 aromatic heterocycles. The second kappa shape index (κ2) is 15.5. The second-order valence-electron chi connectivity index (χ2n) is 17.3. The maximum absolute atomic E-state index is 14.5. The van der Waals surface area contributed by atoms with Gasteiger partial charge in [0.15, 0.2) is 0 Å². The van der Waals surface area contributed by atoms with Crippen LogP contribution in [0.15, 0.2) is 12.7 Å². The van der Waals surface area contributed by atoms with Gasteiger partial charge in [-0.25, -0.2) is 13.2 Å². The van der Waals surface area contributed by atoms with Gasteiger partial charge in [0.05, 0.1) is 11.8 Å². The van der Waals surface area contributed by atoms with Crippen molar-refractivity contribution in [3.05, 3.63) is 12.7 Å². The number of piperidine rings is 1. The molecule has 286 valence electrons. The predicted molar refractivity (Wildman–Crippen MR) is 194 cm³/mol. The zero-order valence-corrected chi connectivity index (χ0v) is 32.0. The highest BCUT2D eigenvalue weighted by molar-refractivity contribution is 7.89. The number of ketones is 1. The van der Waals surface area contributed by atoms with E-state index in [4.69, 9.17) is 0 Å². The summed E-state index contributed by atoms with van der Waals surface area (Å²) in [6.07, 6.45) is 10.0. The van der Waals surface area contributed by atoms with Gasteiger partial charge in [-0.15, -0.1) is 6.58 Å². The van der Waals surface area contributed by atoms with Crippen LogP contribution in [0.25, 0.3) is 0 Å².